The molecule has 0 amide bonds. The van der Waals surface area contributed by atoms with Gasteiger partial charge in [0.15, 0.2) is 0 Å². The lowest BCUT2D eigenvalue weighted by Gasteiger charge is -2.45. The summed E-state index contributed by atoms with van der Waals surface area (Å²) in [4.78, 5) is 0. The summed E-state index contributed by atoms with van der Waals surface area (Å²) in [6.07, 6.45) is 11.6. The van der Waals surface area contributed by atoms with Crippen molar-refractivity contribution in [2.24, 2.45) is 11.3 Å². The van der Waals surface area contributed by atoms with E-state index >= 15 is 0 Å². The van der Waals surface area contributed by atoms with E-state index < -0.39 is 0 Å². The smallest absolute Gasteiger partial charge is 0.0271 e. The Hall–Kier alpha value is -0.260. The molecule has 0 heterocycles. The van der Waals surface area contributed by atoms with E-state index in [2.05, 4.69) is 32.9 Å². The lowest BCUT2D eigenvalue weighted by molar-refractivity contribution is 0.0587. The van der Waals surface area contributed by atoms with E-state index in [0.717, 1.165) is 11.3 Å². The molecule has 1 aliphatic carbocycles. The van der Waals surface area contributed by atoms with Crippen LogP contribution in [0.4, 0.5) is 0 Å². The highest BCUT2D eigenvalue weighted by Crippen LogP contribution is 2.50. The van der Waals surface area contributed by atoms with E-state index in [-0.39, 0.29) is 0 Å². The maximum Gasteiger partial charge on any atom is -0.0271 e. The van der Waals surface area contributed by atoms with Gasteiger partial charge in [0.25, 0.3) is 0 Å². The molecule has 0 unspecified atom stereocenters. The Bertz CT molecular complexity index is 149. The van der Waals surface area contributed by atoms with Gasteiger partial charge in [0.05, 0.1) is 0 Å². The zero-order valence-corrected chi connectivity index (χ0v) is 8.77. The standard InChI is InChI=1S/C12H22/c1-4-5-6-8-12(11(2)3)9-7-10-12/h4-5,11H,6-10H2,1-3H3. The van der Waals surface area contributed by atoms with Crippen molar-refractivity contribution in [3.05, 3.63) is 12.2 Å². The highest BCUT2D eigenvalue weighted by atomic mass is 14.4. The van der Waals surface area contributed by atoms with Crippen molar-refractivity contribution in [1.82, 2.24) is 0 Å². The summed E-state index contributed by atoms with van der Waals surface area (Å²) in [5.41, 5.74) is 0.722. The van der Waals surface area contributed by atoms with Crippen LogP contribution in [0, 0.1) is 11.3 Å². The molecule has 0 bridgehead atoms. The fourth-order valence-corrected chi connectivity index (χ4v) is 2.28. The maximum atomic E-state index is 2.38. The minimum absolute atomic E-state index is 0.722. The Labute approximate surface area is 77.1 Å². The van der Waals surface area contributed by atoms with Crippen LogP contribution in [-0.4, -0.2) is 0 Å². The largest absolute Gasteiger partial charge is 0.0917 e. The Balaban J connectivity index is 2.34. The van der Waals surface area contributed by atoms with Gasteiger partial charge in [-0.15, -0.1) is 0 Å². The van der Waals surface area contributed by atoms with E-state index in [4.69, 9.17) is 0 Å². The Morgan fingerprint density at radius 1 is 1.33 bits per heavy atom. The second-order valence-corrected chi connectivity index (χ2v) is 4.48. The lowest BCUT2D eigenvalue weighted by atomic mass is 9.60. The molecule has 0 saturated heterocycles. The normalized spacial score (nSPS) is 21.7. The summed E-state index contributed by atoms with van der Waals surface area (Å²) >= 11 is 0. The maximum absolute atomic E-state index is 2.38. The van der Waals surface area contributed by atoms with Crippen molar-refractivity contribution < 1.29 is 0 Å². The molecule has 12 heavy (non-hydrogen) atoms. The summed E-state index contributed by atoms with van der Waals surface area (Å²) in [6, 6.07) is 0. The summed E-state index contributed by atoms with van der Waals surface area (Å²) in [6.45, 7) is 6.88. The first kappa shape index (κ1) is 9.83. The number of allylic oxidation sites excluding steroid dienone is 2. The monoisotopic (exact) mass is 166 g/mol. The molecule has 0 aliphatic heterocycles. The highest BCUT2D eigenvalue weighted by Gasteiger charge is 2.38. The fraction of sp³-hybridized carbons (Fsp3) is 0.833. The van der Waals surface area contributed by atoms with Crippen LogP contribution in [0.1, 0.15) is 52.9 Å². The van der Waals surface area contributed by atoms with E-state index in [1.807, 2.05) is 0 Å². The zero-order valence-electron chi connectivity index (χ0n) is 8.77. The number of hydrogen-bond acceptors (Lipinski definition) is 0. The molecule has 0 aromatic carbocycles. The van der Waals surface area contributed by atoms with Crippen LogP contribution in [0.3, 0.4) is 0 Å². The third-order valence-corrected chi connectivity index (χ3v) is 3.62. The molecule has 70 valence electrons. The van der Waals surface area contributed by atoms with Gasteiger partial charge in [0.2, 0.25) is 0 Å². The minimum atomic E-state index is 0.722. The molecular formula is C12H22. The first-order valence-corrected chi connectivity index (χ1v) is 5.32. The highest BCUT2D eigenvalue weighted by molar-refractivity contribution is 4.92. The summed E-state index contributed by atoms with van der Waals surface area (Å²) in [7, 11) is 0. The second kappa shape index (κ2) is 4.11. The van der Waals surface area contributed by atoms with Gasteiger partial charge in [-0.05, 0) is 43.9 Å². The summed E-state index contributed by atoms with van der Waals surface area (Å²) in [5.74, 6) is 0.886. The minimum Gasteiger partial charge on any atom is -0.0917 e. The van der Waals surface area contributed by atoms with E-state index in [0.29, 0.717) is 0 Å². The van der Waals surface area contributed by atoms with E-state index in [1.165, 1.54) is 32.1 Å². The van der Waals surface area contributed by atoms with Crippen molar-refractivity contribution >= 4 is 0 Å². The molecule has 0 aromatic heterocycles. The average molecular weight is 166 g/mol. The topological polar surface area (TPSA) is 0 Å². The predicted octanol–water partition coefficient (Wildman–Crippen LogP) is 4.17. The van der Waals surface area contributed by atoms with Crippen molar-refractivity contribution in [3.63, 3.8) is 0 Å². The van der Waals surface area contributed by atoms with Crippen LogP contribution in [0.25, 0.3) is 0 Å². The fourth-order valence-electron chi connectivity index (χ4n) is 2.28. The van der Waals surface area contributed by atoms with Crippen molar-refractivity contribution in [2.45, 2.75) is 52.9 Å². The molecule has 0 N–H and O–H groups in total. The van der Waals surface area contributed by atoms with Gasteiger partial charge in [-0.3, -0.25) is 0 Å². The van der Waals surface area contributed by atoms with Crippen LogP contribution >= 0.6 is 0 Å². The molecular weight excluding hydrogens is 144 g/mol. The molecule has 0 heteroatoms. The predicted molar refractivity (Wildman–Crippen MR) is 55.2 cm³/mol. The van der Waals surface area contributed by atoms with E-state index in [1.54, 1.807) is 0 Å². The van der Waals surface area contributed by atoms with Crippen LogP contribution in [0.5, 0.6) is 0 Å². The zero-order chi connectivity index (χ0) is 9.03. The first-order chi connectivity index (χ1) is 5.71. The van der Waals surface area contributed by atoms with Crippen molar-refractivity contribution in [2.75, 3.05) is 0 Å². The molecule has 1 aliphatic rings. The lowest BCUT2D eigenvalue weighted by Crippen LogP contribution is -2.34. The summed E-state index contributed by atoms with van der Waals surface area (Å²) < 4.78 is 0. The van der Waals surface area contributed by atoms with Gasteiger partial charge in [-0.25, -0.2) is 0 Å². The third-order valence-electron chi connectivity index (χ3n) is 3.62. The second-order valence-electron chi connectivity index (χ2n) is 4.48. The van der Waals surface area contributed by atoms with Crippen LogP contribution in [0.2, 0.25) is 0 Å². The van der Waals surface area contributed by atoms with E-state index in [9.17, 15) is 0 Å². The molecule has 0 nitrogen and oxygen atoms in total. The van der Waals surface area contributed by atoms with Crippen LogP contribution < -0.4 is 0 Å². The van der Waals surface area contributed by atoms with Gasteiger partial charge >= 0.3 is 0 Å². The molecule has 1 rings (SSSR count). The van der Waals surface area contributed by atoms with Gasteiger partial charge in [-0.2, -0.15) is 0 Å². The average Bonchev–Trinajstić information content (AvgIpc) is 1.94. The van der Waals surface area contributed by atoms with Crippen molar-refractivity contribution in [3.8, 4) is 0 Å². The van der Waals surface area contributed by atoms with Crippen molar-refractivity contribution in [1.29, 1.82) is 0 Å². The summed E-state index contributed by atoms with van der Waals surface area (Å²) in [5, 5.41) is 0. The van der Waals surface area contributed by atoms with Crippen LogP contribution in [0.15, 0.2) is 12.2 Å². The van der Waals surface area contributed by atoms with Gasteiger partial charge in [0, 0.05) is 0 Å². The number of rotatable bonds is 4. The molecule has 0 atom stereocenters. The molecule has 1 saturated carbocycles. The van der Waals surface area contributed by atoms with Gasteiger partial charge < -0.3 is 0 Å². The SMILES string of the molecule is CC=CCCC1(C(C)C)CCC1. The van der Waals surface area contributed by atoms with Gasteiger partial charge in [0.1, 0.15) is 0 Å². The molecule has 0 radical (unpaired) electrons. The third kappa shape index (κ3) is 1.91. The molecule has 0 aromatic rings. The molecule has 0 spiro atoms. The van der Waals surface area contributed by atoms with Crippen LogP contribution in [-0.2, 0) is 0 Å². The Morgan fingerprint density at radius 2 is 2.00 bits per heavy atom. The Morgan fingerprint density at radius 3 is 2.33 bits per heavy atom. The Kier molecular flexibility index (Phi) is 3.37. The van der Waals surface area contributed by atoms with Gasteiger partial charge in [-0.1, -0.05) is 32.4 Å². The first-order valence-electron chi connectivity index (χ1n) is 5.32. The number of hydrogen-bond donors (Lipinski definition) is 0. The quantitative estimate of drug-likeness (QED) is 0.550. The molecule has 1 fully saturated rings.